The Morgan fingerprint density at radius 3 is 3.15 bits per heavy atom. The molecule has 3 rings (SSSR count). The molecule has 0 radical (unpaired) electrons. The third kappa shape index (κ3) is 2.44. The molecule has 2 amide bonds. The van der Waals surface area contributed by atoms with Crippen molar-refractivity contribution in [3.63, 3.8) is 0 Å². The number of benzene rings is 1. The number of carbonyl (C=O) groups excluding carboxylic acids is 1. The van der Waals surface area contributed by atoms with Crippen LogP contribution in [0.15, 0.2) is 24.4 Å². The van der Waals surface area contributed by atoms with E-state index in [0.717, 1.165) is 21.8 Å². The number of hydrogen-bond acceptors (Lipinski definition) is 4. The van der Waals surface area contributed by atoms with Gasteiger partial charge in [0.1, 0.15) is 0 Å². The predicted molar refractivity (Wildman–Crippen MR) is 81.5 cm³/mol. The third-order valence-electron chi connectivity index (χ3n) is 3.17. The molecule has 2 N–H and O–H groups in total. The van der Waals surface area contributed by atoms with Gasteiger partial charge in [0, 0.05) is 24.7 Å². The van der Waals surface area contributed by atoms with Crippen molar-refractivity contribution in [1.82, 2.24) is 10.3 Å². The van der Waals surface area contributed by atoms with Crippen molar-refractivity contribution in [3.05, 3.63) is 39.3 Å². The van der Waals surface area contributed by atoms with Gasteiger partial charge in [0.2, 0.25) is 0 Å². The van der Waals surface area contributed by atoms with E-state index in [4.69, 9.17) is 11.6 Å². The van der Waals surface area contributed by atoms with Gasteiger partial charge in [-0.3, -0.25) is 4.90 Å². The minimum Gasteiger partial charge on any atom is -0.378 e. The van der Waals surface area contributed by atoms with Crippen LogP contribution in [0.5, 0.6) is 0 Å². The van der Waals surface area contributed by atoms with Crippen LogP contribution in [0.3, 0.4) is 0 Å². The molecule has 0 bridgehead atoms. The summed E-state index contributed by atoms with van der Waals surface area (Å²) in [5.74, 6) is 0. The molecule has 1 aliphatic heterocycles. The fraction of sp³-hybridized carbons (Fsp3) is 0.231. The molecule has 7 heteroatoms. The fourth-order valence-electron chi connectivity index (χ4n) is 2.21. The number of nitrogens with one attached hydrogen (secondary N) is 2. The number of urea groups is 1. The average molecular weight is 309 g/mol. The van der Waals surface area contributed by atoms with Crippen LogP contribution in [-0.4, -0.2) is 18.1 Å². The molecular weight excluding hydrogens is 296 g/mol. The standard InChI is InChI=1S/C13H13ClN4OS/c1-18-11-8(5-17-13(18)19)3-2-4-10(11)15-6-9-7-16-12(14)20-9/h2-4,7,15H,5-6H2,1H3,(H,17,19). The molecule has 0 unspecified atom stereocenters. The number of anilines is 2. The lowest BCUT2D eigenvalue weighted by Gasteiger charge is -2.29. The summed E-state index contributed by atoms with van der Waals surface area (Å²) in [6, 6.07) is 5.87. The molecule has 20 heavy (non-hydrogen) atoms. The summed E-state index contributed by atoms with van der Waals surface area (Å²) in [4.78, 5) is 18.4. The molecule has 0 saturated heterocycles. The molecule has 1 aliphatic rings. The Hall–Kier alpha value is -1.79. The van der Waals surface area contributed by atoms with Crippen LogP contribution < -0.4 is 15.5 Å². The van der Waals surface area contributed by atoms with Crippen molar-refractivity contribution in [2.75, 3.05) is 17.3 Å². The summed E-state index contributed by atoms with van der Waals surface area (Å²) in [6.07, 6.45) is 1.76. The predicted octanol–water partition coefficient (Wildman–Crippen LogP) is 3.07. The highest BCUT2D eigenvalue weighted by Gasteiger charge is 2.22. The number of nitrogens with zero attached hydrogens (tertiary/aromatic N) is 2. The number of hydrogen-bond donors (Lipinski definition) is 2. The van der Waals surface area contributed by atoms with Crippen molar-refractivity contribution in [2.24, 2.45) is 0 Å². The molecule has 1 aromatic carbocycles. The molecule has 0 aliphatic carbocycles. The van der Waals surface area contributed by atoms with Crippen LogP contribution in [0.2, 0.25) is 4.47 Å². The topological polar surface area (TPSA) is 57.3 Å². The number of aromatic nitrogens is 1. The van der Waals surface area contributed by atoms with Gasteiger partial charge in [-0.15, -0.1) is 11.3 Å². The Morgan fingerprint density at radius 2 is 2.40 bits per heavy atom. The molecular formula is C13H13ClN4OS. The second-order valence-electron chi connectivity index (χ2n) is 4.46. The maximum atomic E-state index is 11.7. The average Bonchev–Trinajstić information content (AvgIpc) is 2.86. The van der Waals surface area contributed by atoms with Crippen LogP contribution in [0.1, 0.15) is 10.4 Å². The van der Waals surface area contributed by atoms with Gasteiger partial charge in [0.15, 0.2) is 4.47 Å². The van der Waals surface area contributed by atoms with Crippen molar-refractivity contribution in [3.8, 4) is 0 Å². The highest BCUT2D eigenvalue weighted by molar-refractivity contribution is 7.15. The molecule has 0 fully saturated rings. The Kier molecular flexibility index (Phi) is 3.50. The first-order chi connectivity index (χ1) is 9.65. The van der Waals surface area contributed by atoms with E-state index in [0.29, 0.717) is 17.6 Å². The van der Waals surface area contributed by atoms with Gasteiger partial charge in [-0.2, -0.15) is 0 Å². The Labute approximate surface area is 125 Å². The van der Waals surface area contributed by atoms with Crippen LogP contribution in [-0.2, 0) is 13.1 Å². The normalized spacial score (nSPS) is 13.9. The molecule has 2 heterocycles. The number of amides is 2. The lowest BCUT2D eigenvalue weighted by Crippen LogP contribution is -2.41. The van der Waals surface area contributed by atoms with Gasteiger partial charge < -0.3 is 10.6 Å². The molecule has 1 aromatic heterocycles. The number of fused-ring (bicyclic) bond motifs is 1. The van der Waals surface area contributed by atoms with Gasteiger partial charge >= 0.3 is 6.03 Å². The van der Waals surface area contributed by atoms with Crippen molar-refractivity contribution >= 4 is 40.3 Å². The minimum absolute atomic E-state index is 0.0902. The Bertz CT molecular complexity index is 658. The van der Waals surface area contributed by atoms with Gasteiger partial charge in [-0.05, 0) is 11.6 Å². The third-order valence-corrected chi connectivity index (χ3v) is 4.28. The molecule has 0 saturated carbocycles. The monoisotopic (exact) mass is 308 g/mol. The van der Waals surface area contributed by atoms with E-state index in [2.05, 4.69) is 15.6 Å². The zero-order valence-corrected chi connectivity index (χ0v) is 12.4. The largest absolute Gasteiger partial charge is 0.378 e. The molecule has 2 aromatic rings. The van der Waals surface area contributed by atoms with Crippen molar-refractivity contribution < 1.29 is 4.79 Å². The highest BCUT2D eigenvalue weighted by Crippen LogP contribution is 2.32. The zero-order chi connectivity index (χ0) is 14.1. The summed E-state index contributed by atoms with van der Waals surface area (Å²) in [5.41, 5.74) is 2.95. The minimum atomic E-state index is -0.0902. The Morgan fingerprint density at radius 1 is 1.55 bits per heavy atom. The number of para-hydroxylation sites is 1. The second-order valence-corrected chi connectivity index (χ2v) is 6.16. The smallest absolute Gasteiger partial charge is 0.321 e. The highest BCUT2D eigenvalue weighted by atomic mass is 35.5. The number of carbonyl (C=O) groups is 1. The second kappa shape index (κ2) is 5.30. The maximum absolute atomic E-state index is 11.7. The molecule has 5 nitrogen and oxygen atoms in total. The van der Waals surface area contributed by atoms with E-state index in [1.165, 1.54) is 11.3 Å². The van der Waals surface area contributed by atoms with Gasteiger partial charge in [-0.25, -0.2) is 9.78 Å². The summed E-state index contributed by atoms with van der Waals surface area (Å²) in [5, 5.41) is 6.17. The molecule has 0 atom stereocenters. The van der Waals surface area contributed by atoms with Crippen LogP contribution in [0.4, 0.5) is 16.2 Å². The summed E-state index contributed by atoms with van der Waals surface area (Å²) in [6.45, 7) is 1.19. The fourth-order valence-corrected chi connectivity index (χ4v) is 3.13. The molecule has 104 valence electrons. The van der Waals surface area contributed by atoms with Crippen LogP contribution in [0, 0.1) is 0 Å². The number of rotatable bonds is 3. The summed E-state index contributed by atoms with van der Waals surface area (Å²) in [7, 11) is 1.77. The molecule has 0 spiro atoms. The first-order valence-corrected chi connectivity index (χ1v) is 7.32. The van der Waals surface area contributed by atoms with Crippen LogP contribution >= 0.6 is 22.9 Å². The van der Waals surface area contributed by atoms with Gasteiger partial charge in [-0.1, -0.05) is 23.7 Å². The van der Waals surface area contributed by atoms with E-state index >= 15 is 0 Å². The summed E-state index contributed by atoms with van der Waals surface area (Å²) < 4.78 is 0.536. The maximum Gasteiger partial charge on any atom is 0.321 e. The SMILES string of the molecule is CN1C(=O)NCc2cccc(NCc3cnc(Cl)s3)c21. The van der Waals surface area contributed by atoms with Crippen molar-refractivity contribution in [1.29, 1.82) is 0 Å². The quantitative estimate of drug-likeness (QED) is 0.916. The van der Waals surface area contributed by atoms with E-state index in [9.17, 15) is 4.79 Å². The lowest BCUT2D eigenvalue weighted by molar-refractivity contribution is 0.246. The van der Waals surface area contributed by atoms with E-state index < -0.39 is 0 Å². The zero-order valence-electron chi connectivity index (χ0n) is 10.8. The number of halogens is 1. The summed E-state index contributed by atoms with van der Waals surface area (Å²) >= 11 is 7.26. The van der Waals surface area contributed by atoms with E-state index in [1.807, 2.05) is 18.2 Å². The van der Waals surface area contributed by atoms with Gasteiger partial charge in [0.25, 0.3) is 0 Å². The van der Waals surface area contributed by atoms with Crippen LogP contribution in [0.25, 0.3) is 0 Å². The van der Waals surface area contributed by atoms with Crippen molar-refractivity contribution in [2.45, 2.75) is 13.1 Å². The lowest BCUT2D eigenvalue weighted by atomic mass is 10.1. The first kappa shape index (κ1) is 13.2. The van der Waals surface area contributed by atoms with E-state index in [-0.39, 0.29) is 6.03 Å². The first-order valence-electron chi connectivity index (χ1n) is 6.12. The van der Waals surface area contributed by atoms with Gasteiger partial charge in [0.05, 0.1) is 17.9 Å². The Balaban J connectivity index is 1.85. The number of thiazole rings is 1. The van der Waals surface area contributed by atoms with E-state index in [1.54, 1.807) is 18.1 Å².